The third-order valence-electron chi connectivity index (χ3n) is 3.07. The standard InChI is InChI=1S/C14H18N2O3/c1-9-7-11(10(2)19-9)14(18)15-8-13(17)12-5-4-6-16(12)3/h4-7,13,17H,8H2,1-3H3,(H,15,18)/t13-/m0/s1. The minimum atomic E-state index is -0.725. The highest BCUT2D eigenvalue weighted by Crippen LogP contribution is 2.15. The normalized spacial score (nSPS) is 12.4. The van der Waals surface area contributed by atoms with Gasteiger partial charge < -0.3 is 19.4 Å². The van der Waals surface area contributed by atoms with Gasteiger partial charge in [0, 0.05) is 25.5 Å². The predicted molar refractivity (Wildman–Crippen MR) is 70.9 cm³/mol. The van der Waals surface area contributed by atoms with E-state index in [2.05, 4.69) is 5.32 Å². The van der Waals surface area contributed by atoms with Gasteiger partial charge >= 0.3 is 0 Å². The molecule has 1 amide bonds. The lowest BCUT2D eigenvalue weighted by molar-refractivity contribution is 0.0911. The summed E-state index contributed by atoms with van der Waals surface area (Å²) in [5, 5.41) is 12.7. The van der Waals surface area contributed by atoms with Crippen LogP contribution in [-0.2, 0) is 7.05 Å². The monoisotopic (exact) mass is 262 g/mol. The van der Waals surface area contributed by atoms with Gasteiger partial charge in [-0.25, -0.2) is 0 Å². The van der Waals surface area contributed by atoms with Gasteiger partial charge in [-0.15, -0.1) is 0 Å². The summed E-state index contributed by atoms with van der Waals surface area (Å²) in [7, 11) is 1.85. The zero-order valence-electron chi connectivity index (χ0n) is 11.3. The number of nitrogens with zero attached hydrogens (tertiary/aromatic N) is 1. The summed E-state index contributed by atoms with van der Waals surface area (Å²) < 4.78 is 7.13. The fraction of sp³-hybridized carbons (Fsp3) is 0.357. The Morgan fingerprint density at radius 3 is 2.79 bits per heavy atom. The van der Waals surface area contributed by atoms with Crippen molar-refractivity contribution >= 4 is 5.91 Å². The maximum absolute atomic E-state index is 11.9. The number of rotatable bonds is 4. The van der Waals surface area contributed by atoms with E-state index >= 15 is 0 Å². The molecular formula is C14H18N2O3. The van der Waals surface area contributed by atoms with Crippen LogP contribution >= 0.6 is 0 Å². The Kier molecular flexibility index (Phi) is 3.76. The topological polar surface area (TPSA) is 67.4 Å². The molecule has 0 fully saturated rings. The third kappa shape index (κ3) is 2.88. The van der Waals surface area contributed by atoms with E-state index in [0.717, 1.165) is 5.69 Å². The molecule has 19 heavy (non-hydrogen) atoms. The van der Waals surface area contributed by atoms with Crippen molar-refractivity contribution in [1.29, 1.82) is 0 Å². The highest BCUT2D eigenvalue weighted by Gasteiger charge is 2.16. The van der Waals surface area contributed by atoms with E-state index in [1.54, 1.807) is 19.9 Å². The van der Waals surface area contributed by atoms with E-state index in [9.17, 15) is 9.90 Å². The van der Waals surface area contributed by atoms with Crippen LogP contribution in [0.2, 0.25) is 0 Å². The van der Waals surface area contributed by atoms with Gasteiger partial charge in [-0.05, 0) is 32.0 Å². The lowest BCUT2D eigenvalue weighted by atomic mass is 10.2. The highest BCUT2D eigenvalue weighted by atomic mass is 16.3. The van der Waals surface area contributed by atoms with Crippen molar-refractivity contribution < 1.29 is 14.3 Å². The number of carbonyl (C=O) groups excluding carboxylic acids is 1. The van der Waals surface area contributed by atoms with E-state index in [1.165, 1.54) is 0 Å². The van der Waals surface area contributed by atoms with E-state index in [4.69, 9.17) is 4.42 Å². The number of hydrogen-bond acceptors (Lipinski definition) is 3. The van der Waals surface area contributed by atoms with Gasteiger partial charge in [0.15, 0.2) is 0 Å². The molecule has 102 valence electrons. The SMILES string of the molecule is Cc1cc(C(=O)NC[C@H](O)c2cccn2C)c(C)o1. The average molecular weight is 262 g/mol. The highest BCUT2D eigenvalue weighted by molar-refractivity contribution is 5.95. The molecule has 0 radical (unpaired) electrons. The first-order chi connectivity index (χ1) is 8.99. The average Bonchev–Trinajstić information content (AvgIpc) is 2.91. The summed E-state index contributed by atoms with van der Waals surface area (Å²) in [6.07, 6.45) is 1.13. The molecule has 5 nitrogen and oxygen atoms in total. The number of hydrogen-bond donors (Lipinski definition) is 2. The van der Waals surface area contributed by atoms with E-state index in [-0.39, 0.29) is 12.5 Å². The lowest BCUT2D eigenvalue weighted by Crippen LogP contribution is -2.29. The Hall–Kier alpha value is -2.01. The second-order valence-electron chi connectivity index (χ2n) is 4.60. The molecule has 0 aliphatic heterocycles. The Morgan fingerprint density at radius 2 is 2.26 bits per heavy atom. The Balaban J connectivity index is 1.98. The third-order valence-corrected chi connectivity index (χ3v) is 3.07. The van der Waals surface area contributed by atoms with Crippen molar-refractivity contribution in [2.24, 2.45) is 7.05 Å². The number of amides is 1. The molecule has 0 bridgehead atoms. The molecule has 0 saturated heterocycles. The van der Waals surface area contributed by atoms with Crippen LogP contribution in [0.1, 0.15) is 33.7 Å². The zero-order chi connectivity index (χ0) is 14.0. The number of aliphatic hydroxyl groups is 1. The Morgan fingerprint density at radius 1 is 1.53 bits per heavy atom. The molecule has 0 aliphatic rings. The van der Waals surface area contributed by atoms with Crippen LogP contribution in [0.25, 0.3) is 0 Å². The molecule has 5 heteroatoms. The quantitative estimate of drug-likeness (QED) is 0.881. The van der Waals surface area contributed by atoms with Crippen molar-refractivity contribution in [1.82, 2.24) is 9.88 Å². The van der Waals surface area contributed by atoms with Crippen LogP contribution in [-0.4, -0.2) is 22.1 Å². The number of nitrogens with one attached hydrogen (secondary N) is 1. The van der Waals surface area contributed by atoms with Crippen molar-refractivity contribution in [3.8, 4) is 0 Å². The minimum Gasteiger partial charge on any atom is -0.466 e. The number of furan rings is 1. The maximum atomic E-state index is 11.9. The molecule has 0 aliphatic carbocycles. The Labute approximate surface area is 111 Å². The van der Waals surface area contributed by atoms with Gasteiger partial charge in [0.25, 0.3) is 5.91 Å². The molecule has 2 rings (SSSR count). The van der Waals surface area contributed by atoms with Gasteiger partial charge in [-0.1, -0.05) is 0 Å². The largest absolute Gasteiger partial charge is 0.466 e. The van der Waals surface area contributed by atoms with Crippen LogP contribution in [0.15, 0.2) is 28.8 Å². The first kappa shape index (κ1) is 13.4. The van der Waals surface area contributed by atoms with Crippen molar-refractivity contribution in [3.05, 3.63) is 47.2 Å². The summed E-state index contributed by atoms with van der Waals surface area (Å²) >= 11 is 0. The molecule has 1 atom stereocenters. The minimum absolute atomic E-state index is 0.167. The lowest BCUT2D eigenvalue weighted by Gasteiger charge is -2.12. The smallest absolute Gasteiger partial charge is 0.254 e. The van der Waals surface area contributed by atoms with Crippen LogP contribution in [0.4, 0.5) is 0 Å². The van der Waals surface area contributed by atoms with Gasteiger partial charge in [0.05, 0.1) is 5.56 Å². The fourth-order valence-electron chi connectivity index (χ4n) is 2.07. The van der Waals surface area contributed by atoms with Crippen molar-refractivity contribution in [2.45, 2.75) is 20.0 Å². The number of aromatic nitrogens is 1. The molecule has 2 heterocycles. The van der Waals surface area contributed by atoms with E-state index in [1.807, 2.05) is 29.9 Å². The molecule has 0 aromatic carbocycles. The van der Waals surface area contributed by atoms with Crippen molar-refractivity contribution in [2.75, 3.05) is 6.54 Å². The summed E-state index contributed by atoms with van der Waals surface area (Å²) in [6, 6.07) is 5.37. The first-order valence-electron chi connectivity index (χ1n) is 6.13. The van der Waals surface area contributed by atoms with Crippen LogP contribution in [0.3, 0.4) is 0 Å². The molecule has 0 spiro atoms. The second kappa shape index (κ2) is 5.32. The Bertz CT molecular complexity index is 583. The predicted octanol–water partition coefficient (Wildman–Crippen LogP) is 1.70. The van der Waals surface area contributed by atoms with Crippen molar-refractivity contribution in [3.63, 3.8) is 0 Å². The number of aryl methyl sites for hydroxylation is 3. The molecule has 2 N–H and O–H groups in total. The van der Waals surface area contributed by atoms with Gasteiger partial charge in [0.1, 0.15) is 17.6 Å². The molecule has 0 saturated carbocycles. The van der Waals surface area contributed by atoms with Gasteiger partial charge in [-0.3, -0.25) is 4.79 Å². The molecule has 2 aromatic heterocycles. The second-order valence-corrected chi connectivity index (χ2v) is 4.60. The summed E-state index contributed by atoms with van der Waals surface area (Å²) in [5.41, 5.74) is 1.27. The van der Waals surface area contributed by atoms with Gasteiger partial charge in [0.2, 0.25) is 0 Å². The van der Waals surface area contributed by atoms with Crippen LogP contribution in [0.5, 0.6) is 0 Å². The van der Waals surface area contributed by atoms with E-state index in [0.29, 0.717) is 17.1 Å². The first-order valence-corrected chi connectivity index (χ1v) is 6.13. The summed E-state index contributed by atoms with van der Waals surface area (Å²) in [5.74, 6) is 1.05. The summed E-state index contributed by atoms with van der Waals surface area (Å²) in [6.45, 7) is 3.71. The van der Waals surface area contributed by atoms with Crippen LogP contribution < -0.4 is 5.32 Å². The molecule has 2 aromatic rings. The van der Waals surface area contributed by atoms with Gasteiger partial charge in [-0.2, -0.15) is 0 Å². The molecule has 0 unspecified atom stereocenters. The molecular weight excluding hydrogens is 244 g/mol. The maximum Gasteiger partial charge on any atom is 0.254 e. The summed E-state index contributed by atoms with van der Waals surface area (Å²) in [4.78, 5) is 11.9. The zero-order valence-corrected chi connectivity index (χ0v) is 11.3. The van der Waals surface area contributed by atoms with Crippen LogP contribution in [0, 0.1) is 13.8 Å². The fourth-order valence-corrected chi connectivity index (χ4v) is 2.07. The number of aliphatic hydroxyl groups excluding tert-OH is 1. The number of carbonyl (C=O) groups is 1. The van der Waals surface area contributed by atoms with E-state index < -0.39 is 6.10 Å².